The van der Waals surface area contributed by atoms with Crippen LogP contribution in [0.1, 0.15) is 44.9 Å². The van der Waals surface area contributed by atoms with Crippen LogP contribution in [0.15, 0.2) is 0 Å². The van der Waals surface area contributed by atoms with Gasteiger partial charge >= 0.3 is 0 Å². The van der Waals surface area contributed by atoms with Gasteiger partial charge in [0, 0.05) is 17.3 Å². The Hall–Kier alpha value is 0.220. The Morgan fingerprint density at radius 1 is 1.26 bits per heavy atom. The Labute approximate surface area is 121 Å². The summed E-state index contributed by atoms with van der Waals surface area (Å²) in [5.74, 6) is 0.268. The fourth-order valence-electron chi connectivity index (χ4n) is 2.35. The van der Waals surface area contributed by atoms with Crippen molar-refractivity contribution in [1.82, 2.24) is 10.0 Å². The number of hydrogen-bond acceptors (Lipinski definition) is 4. The van der Waals surface area contributed by atoms with E-state index in [0.717, 1.165) is 38.3 Å². The van der Waals surface area contributed by atoms with E-state index in [1.165, 1.54) is 19.3 Å². The summed E-state index contributed by atoms with van der Waals surface area (Å²) in [6, 6.07) is 0.717. The van der Waals surface area contributed by atoms with Crippen molar-refractivity contribution in [2.45, 2.75) is 55.7 Å². The van der Waals surface area contributed by atoms with E-state index in [1.54, 1.807) is 11.8 Å². The average Bonchev–Trinajstić information content (AvgIpc) is 3.11. The lowest BCUT2D eigenvalue weighted by atomic mass is 9.84. The van der Waals surface area contributed by atoms with E-state index in [0.29, 0.717) is 6.54 Å². The van der Waals surface area contributed by atoms with Gasteiger partial charge in [-0.2, -0.15) is 11.8 Å². The molecule has 0 heterocycles. The molecule has 0 atom stereocenters. The van der Waals surface area contributed by atoms with Crippen LogP contribution in [0.3, 0.4) is 0 Å². The van der Waals surface area contributed by atoms with Crippen LogP contribution < -0.4 is 10.0 Å². The van der Waals surface area contributed by atoms with Gasteiger partial charge in [0.05, 0.1) is 5.75 Å². The first-order valence-corrected chi connectivity index (χ1v) is 10.2. The maximum atomic E-state index is 11.9. The molecule has 0 aromatic carbocycles. The largest absolute Gasteiger partial charge is 0.314 e. The zero-order valence-electron chi connectivity index (χ0n) is 11.8. The third-order valence-corrected chi connectivity index (χ3v) is 6.99. The van der Waals surface area contributed by atoms with Gasteiger partial charge in [-0.15, -0.1) is 0 Å². The molecule has 0 radical (unpaired) electrons. The fourth-order valence-corrected chi connectivity index (χ4v) is 4.58. The Morgan fingerprint density at radius 2 is 2.00 bits per heavy atom. The van der Waals surface area contributed by atoms with Crippen molar-refractivity contribution >= 4 is 21.8 Å². The molecule has 0 bridgehead atoms. The maximum absolute atomic E-state index is 11.9. The van der Waals surface area contributed by atoms with Gasteiger partial charge in [0.15, 0.2) is 0 Å². The second-order valence-electron chi connectivity index (χ2n) is 5.82. The molecule has 2 fully saturated rings. The molecule has 2 aliphatic rings. The summed E-state index contributed by atoms with van der Waals surface area (Å²) in [4.78, 5) is 0. The summed E-state index contributed by atoms with van der Waals surface area (Å²) in [5, 5.41) is 3.41. The van der Waals surface area contributed by atoms with Crippen molar-refractivity contribution in [2.75, 3.05) is 25.1 Å². The minimum atomic E-state index is -3.08. The topological polar surface area (TPSA) is 58.2 Å². The molecule has 2 rings (SSSR count). The van der Waals surface area contributed by atoms with Crippen molar-refractivity contribution in [3.63, 3.8) is 0 Å². The van der Waals surface area contributed by atoms with Crippen molar-refractivity contribution in [1.29, 1.82) is 0 Å². The second kappa shape index (κ2) is 6.78. The predicted molar refractivity (Wildman–Crippen MR) is 82.1 cm³/mol. The van der Waals surface area contributed by atoms with Crippen LogP contribution in [-0.2, 0) is 10.0 Å². The van der Waals surface area contributed by atoms with Crippen molar-refractivity contribution in [2.24, 2.45) is 0 Å². The van der Waals surface area contributed by atoms with Crippen molar-refractivity contribution < 1.29 is 8.42 Å². The van der Waals surface area contributed by atoms with Crippen LogP contribution in [0.2, 0.25) is 0 Å². The molecule has 2 N–H and O–H groups in total. The molecule has 0 spiro atoms. The van der Waals surface area contributed by atoms with Crippen LogP contribution in [0.5, 0.6) is 0 Å². The first kappa shape index (κ1) is 15.6. The molecular formula is C13H26N2O2S2. The fraction of sp³-hybridized carbons (Fsp3) is 1.00. The van der Waals surface area contributed by atoms with Crippen LogP contribution in [0, 0.1) is 0 Å². The zero-order valence-corrected chi connectivity index (χ0v) is 13.4. The van der Waals surface area contributed by atoms with E-state index in [1.807, 2.05) is 0 Å². The van der Waals surface area contributed by atoms with Crippen molar-refractivity contribution in [3.8, 4) is 0 Å². The molecular weight excluding hydrogens is 280 g/mol. The third kappa shape index (κ3) is 5.25. The molecule has 0 aromatic rings. The van der Waals surface area contributed by atoms with Gasteiger partial charge in [-0.3, -0.25) is 0 Å². The number of rotatable bonds is 10. The van der Waals surface area contributed by atoms with Gasteiger partial charge in [-0.1, -0.05) is 6.42 Å². The molecule has 112 valence electrons. The molecule has 4 nitrogen and oxygen atoms in total. The lowest BCUT2D eigenvalue weighted by molar-refractivity contribution is 0.361. The molecule has 19 heavy (non-hydrogen) atoms. The standard InChI is InChI=1S/C13H26N2O2S2/c1-18-13(7-4-8-13)11-15-19(16,17)10-3-2-9-14-12-5-6-12/h12,14-15H,2-11H2,1H3. The Morgan fingerprint density at radius 3 is 2.53 bits per heavy atom. The maximum Gasteiger partial charge on any atom is 0.211 e. The summed E-state index contributed by atoms with van der Waals surface area (Å²) in [7, 11) is -3.08. The van der Waals surface area contributed by atoms with E-state index >= 15 is 0 Å². The molecule has 2 aliphatic carbocycles. The van der Waals surface area contributed by atoms with Gasteiger partial charge in [-0.05, 0) is 51.3 Å². The summed E-state index contributed by atoms with van der Waals surface area (Å²) >= 11 is 1.80. The normalized spacial score (nSPS) is 22.2. The van der Waals surface area contributed by atoms with Gasteiger partial charge < -0.3 is 5.32 Å². The number of hydrogen-bond donors (Lipinski definition) is 2. The van der Waals surface area contributed by atoms with E-state index in [2.05, 4.69) is 16.3 Å². The molecule has 6 heteroatoms. The lowest BCUT2D eigenvalue weighted by Gasteiger charge is -2.40. The van der Waals surface area contributed by atoms with Crippen LogP contribution in [0.4, 0.5) is 0 Å². The second-order valence-corrected chi connectivity index (χ2v) is 9.02. The van der Waals surface area contributed by atoms with Gasteiger partial charge in [-0.25, -0.2) is 13.1 Å². The predicted octanol–water partition coefficient (Wildman–Crippen LogP) is 1.72. The minimum Gasteiger partial charge on any atom is -0.314 e. The van der Waals surface area contributed by atoms with Crippen LogP contribution >= 0.6 is 11.8 Å². The van der Waals surface area contributed by atoms with Crippen LogP contribution in [0.25, 0.3) is 0 Å². The van der Waals surface area contributed by atoms with Gasteiger partial charge in [0.2, 0.25) is 10.0 Å². The van der Waals surface area contributed by atoms with E-state index in [9.17, 15) is 8.42 Å². The molecule has 0 aliphatic heterocycles. The first-order chi connectivity index (χ1) is 9.05. The molecule has 0 aromatic heterocycles. The van der Waals surface area contributed by atoms with E-state index in [-0.39, 0.29) is 10.5 Å². The van der Waals surface area contributed by atoms with Crippen molar-refractivity contribution in [3.05, 3.63) is 0 Å². The highest BCUT2D eigenvalue weighted by Gasteiger charge is 2.36. The number of thioether (sulfide) groups is 1. The van der Waals surface area contributed by atoms with E-state index in [4.69, 9.17) is 0 Å². The molecule has 2 saturated carbocycles. The molecule has 0 unspecified atom stereocenters. The average molecular weight is 306 g/mol. The first-order valence-electron chi connectivity index (χ1n) is 7.31. The smallest absolute Gasteiger partial charge is 0.211 e. The lowest BCUT2D eigenvalue weighted by Crippen LogP contribution is -2.45. The molecule has 0 amide bonds. The number of nitrogens with one attached hydrogen (secondary N) is 2. The van der Waals surface area contributed by atoms with Gasteiger partial charge in [0.25, 0.3) is 0 Å². The van der Waals surface area contributed by atoms with Crippen LogP contribution in [-0.4, -0.2) is 44.3 Å². The highest BCUT2D eigenvalue weighted by molar-refractivity contribution is 8.00. The summed E-state index contributed by atoms with van der Waals surface area (Å²) in [6.45, 7) is 1.56. The Bertz CT molecular complexity index is 371. The SMILES string of the molecule is CSC1(CNS(=O)(=O)CCCCNC2CC2)CCC1. The summed E-state index contributed by atoms with van der Waals surface area (Å²) < 4.78 is 26.8. The highest BCUT2D eigenvalue weighted by Crippen LogP contribution is 2.42. The van der Waals surface area contributed by atoms with E-state index < -0.39 is 10.0 Å². The number of unbranched alkanes of at least 4 members (excludes halogenated alkanes) is 1. The summed E-state index contributed by atoms with van der Waals surface area (Å²) in [6.07, 6.45) is 9.87. The highest BCUT2D eigenvalue weighted by atomic mass is 32.2. The molecule has 0 saturated heterocycles. The Balaban J connectivity index is 1.58. The number of sulfonamides is 1. The minimum absolute atomic E-state index is 0.181. The quantitative estimate of drug-likeness (QED) is 0.604. The summed E-state index contributed by atoms with van der Waals surface area (Å²) in [5.41, 5.74) is 0. The van der Waals surface area contributed by atoms with Gasteiger partial charge in [0.1, 0.15) is 0 Å². The third-order valence-electron chi connectivity index (χ3n) is 4.16. The zero-order chi connectivity index (χ0) is 13.8. The Kier molecular flexibility index (Phi) is 5.57. The monoisotopic (exact) mass is 306 g/mol.